The van der Waals surface area contributed by atoms with Gasteiger partial charge in [-0.05, 0) is 43.7 Å². The number of hydrogen-bond donors (Lipinski definition) is 0. The van der Waals surface area contributed by atoms with Gasteiger partial charge in [0.2, 0.25) is 0 Å². The molecule has 0 aromatic rings. The second-order valence-electron chi connectivity index (χ2n) is 6.26. The summed E-state index contributed by atoms with van der Waals surface area (Å²) in [5.41, 5.74) is 0.409. The highest BCUT2D eigenvalue weighted by Gasteiger charge is 2.30. The van der Waals surface area contributed by atoms with E-state index < -0.39 is 0 Å². The van der Waals surface area contributed by atoms with Crippen LogP contribution in [0.15, 0.2) is 0 Å². The lowest BCUT2D eigenvalue weighted by Crippen LogP contribution is -2.33. The quantitative estimate of drug-likeness (QED) is 0.670. The molecule has 2 aliphatic rings. The molecule has 0 aromatic carbocycles. The second-order valence-corrected chi connectivity index (χ2v) is 6.88. The Labute approximate surface area is 99.2 Å². The van der Waals surface area contributed by atoms with Crippen LogP contribution in [0.1, 0.15) is 46.0 Å². The van der Waals surface area contributed by atoms with Crippen LogP contribution in [0.25, 0.3) is 0 Å². The maximum atomic E-state index is 6.32. The summed E-state index contributed by atoms with van der Waals surface area (Å²) in [5, 5.41) is 0.394. The Bertz CT molecular complexity index is 211. The highest BCUT2D eigenvalue weighted by Crippen LogP contribution is 2.34. The molecular weight excluding hydrogens is 206 g/mol. The molecule has 1 atom stereocenters. The van der Waals surface area contributed by atoms with E-state index in [1.54, 1.807) is 0 Å². The molecule has 2 rings (SSSR count). The van der Waals surface area contributed by atoms with E-state index in [9.17, 15) is 0 Å². The fraction of sp³-hybridized carbons (Fsp3) is 1.00. The van der Waals surface area contributed by atoms with Crippen molar-refractivity contribution in [3.05, 3.63) is 0 Å². The van der Waals surface area contributed by atoms with Gasteiger partial charge >= 0.3 is 0 Å². The predicted octanol–water partition coefficient (Wildman–Crippen LogP) is 3.52. The topological polar surface area (TPSA) is 3.24 Å². The lowest BCUT2D eigenvalue weighted by atomic mass is 9.88. The van der Waals surface area contributed by atoms with Crippen molar-refractivity contribution >= 4 is 11.6 Å². The number of likely N-dealkylation sites (tertiary alicyclic amines) is 1. The van der Waals surface area contributed by atoms with E-state index in [2.05, 4.69) is 18.7 Å². The van der Waals surface area contributed by atoms with Gasteiger partial charge in [0.15, 0.2) is 0 Å². The Morgan fingerprint density at radius 2 is 2.00 bits per heavy atom. The molecule has 0 aromatic heterocycles. The van der Waals surface area contributed by atoms with Crippen molar-refractivity contribution in [1.82, 2.24) is 4.90 Å². The molecule has 0 bridgehead atoms. The molecule has 1 saturated heterocycles. The number of hydrogen-bond acceptors (Lipinski definition) is 1. The number of alkyl halides is 1. The van der Waals surface area contributed by atoms with E-state index in [0.717, 1.165) is 5.92 Å². The first-order valence-corrected chi connectivity index (χ1v) is 6.85. The molecule has 15 heavy (non-hydrogen) atoms. The summed E-state index contributed by atoms with van der Waals surface area (Å²) < 4.78 is 0. The van der Waals surface area contributed by atoms with Gasteiger partial charge in [-0.2, -0.15) is 0 Å². The Morgan fingerprint density at radius 1 is 1.27 bits per heavy atom. The van der Waals surface area contributed by atoms with Crippen LogP contribution in [0.5, 0.6) is 0 Å². The summed E-state index contributed by atoms with van der Waals surface area (Å²) in [5.74, 6) is 1.06. The zero-order valence-electron chi connectivity index (χ0n) is 10.1. The van der Waals surface area contributed by atoms with Crippen LogP contribution in [0.2, 0.25) is 0 Å². The third kappa shape index (κ3) is 3.96. The summed E-state index contributed by atoms with van der Waals surface area (Å²) in [7, 11) is 0. The molecule has 0 N–H and O–H groups in total. The van der Waals surface area contributed by atoms with Crippen molar-refractivity contribution in [1.29, 1.82) is 0 Å². The van der Waals surface area contributed by atoms with Gasteiger partial charge in [0, 0.05) is 11.9 Å². The number of nitrogens with zero attached hydrogens (tertiary/aromatic N) is 1. The molecule has 1 unspecified atom stereocenters. The van der Waals surface area contributed by atoms with Gasteiger partial charge < -0.3 is 4.90 Å². The van der Waals surface area contributed by atoms with Crippen LogP contribution in [-0.4, -0.2) is 29.9 Å². The fourth-order valence-electron chi connectivity index (χ4n) is 2.74. The average Bonchev–Trinajstić information content (AvgIpc) is 2.90. The summed E-state index contributed by atoms with van der Waals surface area (Å²) in [6.07, 6.45) is 6.73. The van der Waals surface area contributed by atoms with Gasteiger partial charge in [0.05, 0.1) is 0 Å². The molecule has 0 amide bonds. The maximum absolute atomic E-state index is 6.32. The standard InChI is InChI=1S/C13H24ClN/c1-13(2)9-12(14)6-8-15(10-13)7-5-11-3-4-11/h11-12H,3-10H2,1-2H3. The van der Waals surface area contributed by atoms with E-state index in [1.165, 1.54) is 51.7 Å². The first-order chi connectivity index (χ1) is 7.05. The van der Waals surface area contributed by atoms with Crippen LogP contribution in [0.4, 0.5) is 0 Å². The zero-order chi connectivity index (χ0) is 10.9. The summed E-state index contributed by atoms with van der Waals surface area (Å²) >= 11 is 6.32. The summed E-state index contributed by atoms with van der Waals surface area (Å²) in [6.45, 7) is 8.47. The Morgan fingerprint density at radius 3 is 2.67 bits per heavy atom. The van der Waals surface area contributed by atoms with E-state index in [-0.39, 0.29) is 0 Å². The lowest BCUT2D eigenvalue weighted by molar-refractivity contribution is 0.191. The van der Waals surface area contributed by atoms with E-state index in [1.807, 2.05) is 0 Å². The van der Waals surface area contributed by atoms with Gasteiger partial charge in [-0.1, -0.05) is 26.7 Å². The van der Waals surface area contributed by atoms with Crippen molar-refractivity contribution < 1.29 is 0 Å². The van der Waals surface area contributed by atoms with Crippen LogP contribution in [0.3, 0.4) is 0 Å². The monoisotopic (exact) mass is 229 g/mol. The minimum absolute atomic E-state index is 0.394. The van der Waals surface area contributed by atoms with E-state index in [4.69, 9.17) is 11.6 Å². The zero-order valence-corrected chi connectivity index (χ0v) is 10.9. The fourth-order valence-corrected chi connectivity index (χ4v) is 3.25. The maximum Gasteiger partial charge on any atom is 0.0353 e. The first-order valence-electron chi connectivity index (χ1n) is 6.42. The van der Waals surface area contributed by atoms with Gasteiger partial charge in [0.1, 0.15) is 0 Å². The van der Waals surface area contributed by atoms with Crippen molar-refractivity contribution in [2.45, 2.75) is 51.3 Å². The van der Waals surface area contributed by atoms with Gasteiger partial charge in [-0.15, -0.1) is 11.6 Å². The average molecular weight is 230 g/mol. The molecular formula is C13H24ClN. The van der Waals surface area contributed by atoms with Crippen LogP contribution in [0, 0.1) is 11.3 Å². The largest absolute Gasteiger partial charge is 0.303 e. The van der Waals surface area contributed by atoms with Crippen LogP contribution >= 0.6 is 11.6 Å². The van der Waals surface area contributed by atoms with Gasteiger partial charge in [-0.3, -0.25) is 0 Å². The molecule has 1 nitrogen and oxygen atoms in total. The summed E-state index contributed by atoms with van der Waals surface area (Å²) in [6, 6.07) is 0. The smallest absolute Gasteiger partial charge is 0.0353 e. The molecule has 0 radical (unpaired) electrons. The molecule has 1 heterocycles. The molecule has 2 fully saturated rings. The number of rotatable bonds is 3. The predicted molar refractivity (Wildman–Crippen MR) is 66.4 cm³/mol. The van der Waals surface area contributed by atoms with E-state index in [0.29, 0.717) is 10.8 Å². The van der Waals surface area contributed by atoms with Crippen molar-refractivity contribution in [2.75, 3.05) is 19.6 Å². The highest BCUT2D eigenvalue weighted by atomic mass is 35.5. The van der Waals surface area contributed by atoms with Gasteiger partial charge in [-0.25, -0.2) is 0 Å². The SMILES string of the molecule is CC1(C)CC(Cl)CCN(CCC2CC2)C1. The minimum Gasteiger partial charge on any atom is -0.303 e. The van der Waals surface area contributed by atoms with E-state index >= 15 is 0 Å². The van der Waals surface area contributed by atoms with Crippen LogP contribution in [-0.2, 0) is 0 Å². The van der Waals surface area contributed by atoms with Crippen molar-refractivity contribution in [2.24, 2.45) is 11.3 Å². The molecule has 2 heteroatoms. The minimum atomic E-state index is 0.394. The van der Waals surface area contributed by atoms with Crippen molar-refractivity contribution in [3.8, 4) is 0 Å². The molecule has 1 saturated carbocycles. The molecule has 0 spiro atoms. The Balaban J connectivity index is 1.82. The Hall–Kier alpha value is 0.250. The second kappa shape index (κ2) is 4.63. The molecule has 1 aliphatic carbocycles. The molecule has 1 aliphatic heterocycles. The number of halogens is 1. The van der Waals surface area contributed by atoms with Gasteiger partial charge in [0.25, 0.3) is 0 Å². The lowest BCUT2D eigenvalue weighted by Gasteiger charge is -2.29. The molecule has 88 valence electrons. The summed E-state index contributed by atoms with van der Waals surface area (Å²) in [4.78, 5) is 2.64. The third-order valence-electron chi connectivity index (χ3n) is 3.73. The van der Waals surface area contributed by atoms with Crippen LogP contribution < -0.4 is 0 Å². The third-order valence-corrected chi connectivity index (χ3v) is 4.11. The normalized spacial score (nSPS) is 32.6. The highest BCUT2D eigenvalue weighted by molar-refractivity contribution is 6.20. The van der Waals surface area contributed by atoms with Crippen molar-refractivity contribution in [3.63, 3.8) is 0 Å². The Kier molecular flexibility index (Phi) is 3.62. The first kappa shape index (κ1) is 11.7.